The van der Waals surface area contributed by atoms with Gasteiger partial charge >= 0.3 is 0 Å². The average molecular weight is 395 g/mol. The van der Waals surface area contributed by atoms with Gasteiger partial charge in [0.05, 0.1) is 5.69 Å². The van der Waals surface area contributed by atoms with E-state index in [0.29, 0.717) is 17.2 Å². The van der Waals surface area contributed by atoms with Crippen LogP contribution in [0.1, 0.15) is 27.4 Å². The Morgan fingerprint density at radius 2 is 2.21 bits per heavy atom. The Morgan fingerprint density at radius 1 is 1.47 bits per heavy atom. The molecule has 0 aliphatic carbocycles. The highest BCUT2D eigenvalue weighted by Gasteiger charge is 2.23. The van der Waals surface area contributed by atoms with Gasteiger partial charge in [-0.15, -0.1) is 5.10 Å². The maximum Gasteiger partial charge on any atom is 0.283 e. The van der Waals surface area contributed by atoms with E-state index in [4.69, 9.17) is 0 Å². The van der Waals surface area contributed by atoms with Crippen molar-refractivity contribution in [1.82, 2.24) is 9.59 Å². The molecule has 0 saturated carbocycles. The van der Waals surface area contributed by atoms with Gasteiger partial charge in [0.25, 0.3) is 12.3 Å². The summed E-state index contributed by atoms with van der Waals surface area (Å²) < 4.78 is 29.5. The largest absolute Gasteiger partial charge is 0.320 e. The molecule has 1 aromatic heterocycles. The second kappa shape index (κ2) is 5.87. The van der Waals surface area contributed by atoms with Gasteiger partial charge in [-0.25, -0.2) is 8.78 Å². The number of hydrogen-bond donors (Lipinski definition) is 1. The van der Waals surface area contributed by atoms with Crippen LogP contribution in [0.4, 0.5) is 14.5 Å². The van der Waals surface area contributed by atoms with E-state index in [1.807, 2.05) is 19.1 Å². The Bertz CT molecular complexity index is 618. The Hall–Kier alpha value is -1.16. The summed E-state index contributed by atoms with van der Waals surface area (Å²) >= 11 is 2.72. The molecule has 1 aromatic carbocycles. The van der Waals surface area contributed by atoms with E-state index in [1.54, 1.807) is 6.07 Å². The number of halogens is 3. The number of amides is 1. The molecule has 4 nitrogen and oxygen atoms in total. The number of carbonyl (C=O) groups is 1. The zero-order valence-corrected chi connectivity index (χ0v) is 12.6. The van der Waals surface area contributed by atoms with Crippen molar-refractivity contribution in [3.63, 3.8) is 0 Å². The summed E-state index contributed by atoms with van der Waals surface area (Å²) in [7, 11) is 0. The van der Waals surface area contributed by atoms with E-state index in [-0.39, 0.29) is 4.88 Å². The van der Waals surface area contributed by atoms with Gasteiger partial charge in [0.2, 0.25) is 0 Å². The van der Waals surface area contributed by atoms with Crippen molar-refractivity contribution in [2.75, 3.05) is 5.32 Å². The number of aromatic nitrogens is 2. The lowest BCUT2D eigenvalue weighted by molar-refractivity contribution is 0.101. The third-order valence-corrected chi connectivity index (χ3v) is 3.98. The van der Waals surface area contributed by atoms with Crippen LogP contribution in [0.3, 0.4) is 0 Å². The number of rotatable bonds is 3. The van der Waals surface area contributed by atoms with Gasteiger partial charge in [-0.3, -0.25) is 4.79 Å². The minimum Gasteiger partial charge on any atom is -0.320 e. The molecular weight excluding hydrogens is 387 g/mol. The molecule has 8 heteroatoms. The first-order chi connectivity index (χ1) is 8.99. The zero-order chi connectivity index (χ0) is 14.0. The van der Waals surface area contributed by atoms with Gasteiger partial charge in [0, 0.05) is 3.57 Å². The van der Waals surface area contributed by atoms with Crippen LogP contribution in [0.2, 0.25) is 0 Å². The Kier molecular flexibility index (Phi) is 4.40. The van der Waals surface area contributed by atoms with Gasteiger partial charge in [0.1, 0.15) is 4.88 Å². The molecule has 1 N–H and O–H groups in total. The first-order valence-corrected chi connectivity index (χ1v) is 7.02. The lowest BCUT2D eigenvalue weighted by atomic mass is 10.2. The zero-order valence-electron chi connectivity index (χ0n) is 9.65. The van der Waals surface area contributed by atoms with Crippen molar-refractivity contribution in [2.45, 2.75) is 13.3 Å². The number of anilines is 1. The predicted octanol–water partition coefficient (Wildman–Crippen LogP) is 3.64. The molecule has 100 valence electrons. The molecule has 0 atom stereocenters. The quantitative estimate of drug-likeness (QED) is 0.808. The van der Waals surface area contributed by atoms with Crippen LogP contribution in [0.15, 0.2) is 18.2 Å². The molecular formula is C11H8F2IN3OS. The molecule has 0 fully saturated rings. The van der Waals surface area contributed by atoms with Crippen LogP contribution in [0.25, 0.3) is 0 Å². The lowest BCUT2D eigenvalue weighted by Crippen LogP contribution is -2.13. The molecule has 0 bridgehead atoms. The van der Waals surface area contributed by atoms with Gasteiger partial charge in [-0.05, 0) is 58.7 Å². The molecule has 0 saturated heterocycles. The van der Waals surface area contributed by atoms with Crippen LogP contribution in [-0.4, -0.2) is 15.5 Å². The maximum atomic E-state index is 12.6. The third-order valence-electron chi connectivity index (χ3n) is 2.30. The molecule has 2 rings (SSSR count). The topological polar surface area (TPSA) is 54.9 Å². The van der Waals surface area contributed by atoms with Crippen LogP contribution >= 0.6 is 34.1 Å². The van der Waals surface area contributed by atoms with Gasteiger partial charge < -0.3 is 5.32 Å². The van der Waals surface area contributed by atoms with Gasteiger partial charge in [0.15, 0.2) is 5.69 Å². The lowest BCUT2D eigenvalue weighted by Gasteiger charge is -2.07. The number of hydrogen-bond acceptors (Lipinski definition) is 4. The van der Waals surface area contributed by atoms with E-state index >= 15 is 0 Å². The normalized spacial score (nSPS) is 10.8. The number of carbonyl (C=O) groups excluding carboxylic acids is 1. The van der Waals surface area contributed by atoms with Crippen LogP contribution in [-0.2, 0) is 0 Å². The molecule has 1 amide bonds. The molecule has 1 heterocycles. The summed E-state index contributed by atoms with van der Waals surface area (Å²) in [6, 6.07) is 5.51. The first kappa shape index (κ1) is 14.3. The van der Waals surface area contributed by atoms with Gasteiger partial charge in [-0.1, -0.05) is 10.6 Å². The van der Waals surface area contributed by atoms with Crippen molar-refractivity contribution >= 4 is 45.7 Å². The number of nitrogens with zero attached hydrogens (tertiary/aromatic N) is 2. The summed E-state index contributed by atoms with van der Waals surface area (Å²) in [5.74, 6) is -0.617. The average Bonchev–Trinajstić information content (AvgIpc) is 2.83. The molecule has 0 spiro atoms. The van der Waals surface area contributed by atoms with Gasteiger partial charge in [-0.2, -0.15) is 0 Å². The number of nitrogens with one attached hydrogen (secondary N) is 1. The van der Waals surface area contributed by atoms with Crippen molar-refractivity contribution in [2.24, 2.45) is 0 Å². The Morgan fingerprint density at radius 3 is 2.89 bits per heavy atom. The van der Waals surface area contributed by atoms with Crippen molar-refractivity contribution in [3.05, 3.63) is 37.9 Å². The molecule has 0 aliphatic rings. The molecule has 0 radical (unpaired) electrons. The van der Waals surface area contributed by atoms with E-state index in [2.05, 4.69) is 37.5 Å². The van der Waals surface area contributed by atoms with Crippen LogP contribution in [0, 0.1) is 10.5 Å². The number of aryl methyl sites for hydroxylation is 1. The minimum absolute atomic E-state index is 0.160. The highest BCUT2D eigenvalue weighted by atomic mass is 127. The summed E-state index contributed by atoms with van der Waals surface area (Å²) in [6.07, 6.45) is -2.81. The number of benzene rings is 1. The molecule has 0 aliphatic heterocycles. The summed E-state index contributed by atoms with van der Waals surface area (Å²) in [5, 5.41) is 5.87. The van der Waals surface area contributed by atoms with Crippen LogP contribution < -0.4 is 5.32 Å². The van der Waals surface area contributed by atoms with Crippen molar-refractivity contribution in [1.29, 1.82) is 0 Å². The summed E-state index contributed by atoms with van der Waals surface area (Å²) in [6.45, 7) is 1.88. The Balaban J connectivity index is 2.26. The Labute approximate surface area is 125 Å². The summed E-state index contributed by atoms with van der Waals surface area (Å²) in [4.78, 5) is 11.8. The smallest absolute Gasteiger partial charge is 0.283 e. The summed E-state index contributed by atoms with van der Waals surface area (Å²) in [5.41, 5.74) is 0.969. The standard InChI is InChI=1S/C11H8F2IN3OS/c1-5-2-3-6(14)7(4-5)15-11(18)9-8(10(12)13)16-17-19-9/h2-4,10H,1H3,(H,15,18). The molecule has 19 heavy (non-hydrogen) atoms. The SMILES string of the molecule is Cc1ccc(I)c(NC(=O)c2snnc2C(F)F)c1. The second-order valence-electron chi connectivity index (χ2n) is 3.73. The fourth-order valence-corrected chi connectivity index (χ4v) is 2.45. The van der Waals surface area contributed by atoms with E-state index in [1.165, 1.54) is 0 Å². The molecule has 2 aromatic rings. The third kappa shape index (κ3) is 3.24. The minimum atomic E-state index is -2.81. The highest BCUT2D eigenvalue weighted by molar-refractivity contribution is 14.1. The fraction of sp³-hybridized carbons (Fsp3) is 0.182. The van der Waals surface area contributed by atoms with E-state index in [0.717, 1.165) is 9.13 Å². The monoisotopic (exact) mass is 395 g/mol. The van der Waals surface area contributed by atoms with E-state index in [9.17, 15) is 13.6 Å². The first-order valence-electron chi connectivity index (χ1n) is 5.17. The van der Waals surface area contributed by atoms with E-state index < -0.39 is 18.0 Å². The predicted molar refractivity (Wildman–Crippen MR) is 76.7 cm³/mol. The number of alkyl halides is 2. The van der Waals surface area contributed by atoms with Crippen molar-refractivity contribution < 1.29 is 13.6 Å². The maximum absolute atomic E-state index is 12.6. The fourth-order valence-electron chi connectivity index (χ4n) is 1.41. The van der Waals surface area contributed by atoms with Crippen LogP contribution in [0.5, 0.6) is 0 Å². The highest BCUT2D eigenvalue weighted by Crippen LogP contribution is 2.25. The second-order valence-corrected chi connectivity index (χ2v) is 5.64. The van der Waals surface area contributed by atoms with Crippen molar-refractivity contribution in [3.8, 4) is 0 Å². The molecule has 0 unspecified atom stereocenters.